The predicted molar refractivity (Wildman–Crippen MR) is 60.8 cm³/mol. The average molecular weight is 240 g/mol. The van der Waals surface area contributed by atoms with Crippen molar-refractivity contribution in [2.24, 2.45) is 4.99 Å². The monoisotopic (exact) mass is 239 g/mol. The van der Waals surface area contributed by atoms with Crippen LogP contribution in [-0.2, 0) is 4.79 Å². The molecule has 1 aliphatic carbocycles. The number of allylic oxidation sites excluding steroid dienone is 4. The topological polar surface area (TPSA) is 69.9 Å². The lowest BCUT2D eigenvalue weighted by molar-refractivity contribution is -0.129. The fraction of sp³-hybridized carbons (Fsp3) is 0.273. The number of aliphatic carboxylic acids is 1. The van der Waals surface area contributed by atoms with Gasteiger partial charge in [-0.25, -0.2) is 9.79 Å². The lowest BCUT2D eigenvalue weighted by Crippen LogP contribution is -2.26. The maximum absolute atomic E-state index is 10.9. The van der Waals surface area contributed by atoms with Crippen LogP contribution in [-0.4, -0.2) is 26.8 Å². The third kappa shape index (κ3) is 1.30. The van der Waals surface area contributed by atoms with Crippen LogP contribution >= 0.6 is 11.6 Å². The number of carboxylic acids is 1. The third-order valence-corrected chi connectivity index (χ3v) is 3.15. The molecule has 0 bridgehead atoms. The predicted octanol–water partition coefficient (Wildman–Crippen LogP) is 2.18. The molecule has 4 nitrogen and oxygen atoms in total. The lowest BCUT2D eigenvalue weighted by Gasteiger charge is -2.27. The van der Waals surface area contributed by atoms with E-state index < -0.39 is 10.8 Å². The second-order valence-corrected chi connectivity index (χ2v) is 4.63. The standard InChI is InChI=1S/C11H10ClNO3/c1-5-8-6(13-9(5)10(15)16)3-4-7(14)11(8,2)12/h3-4,14H,1-2H3,(H,15,16). The molecule has 0 fully saturated rings. The normalized spacial score (nSPS) is 28.3. The minimum Gasteiger partial charge on any atom is -0.510 e. The first-order chi connectivity index (χ1) is 7.35. The quantitative estimate of drug-likeness (QED) is 0.689. The van der Waals surface area contributed by atoms with E-state index >= 15 is 0 Å². The highest BCUT2D eigenvalue weighted by Gasteiger charge is 2.41. The molecule has 0 spiro atoms. The lowest BCUT2D eigenvalue weighted by atomic mass is 9.88. The molecule has 5 heteroatoms. The Balaban J connectivity index is 2.63. The van der Waals surface area contributed by atoms with Gasteiger partial charge in [-0.2, -0.15) is 0 Å². The van der Waals surface area contributed by atoms with Crippen molar-refractivity contribution < 1.29 is 15.0 Å². The SMILES string of the molecule is CC1=C2C(=CC=C(O)C2(C)Cl)N=C1C(=O)O. The molecule has 1 unspecified atom stereocenters. The van der Waals surface area contributed by atoms with Crippen molar-refractivity contribution >= 4 is 23.3 Å². The summed E-state index contributed by atoms with van der Waals surface area (Å²) in [5, 5.41) is 18.6. The number of fused-ring (bicyclic) bond motifs is 1. The van der Waals surface area contributed by atoms with Crippen LogP contribution in [0.4, 0.5) is 0 Å². The molecule has 0 aromatic rings. The van der Waals surface area contributed by atoms with E-state index in [0.29, 0.717) is 16.8 Å². The van der Waals surface area contributed by atoms with Gasteiger partial charge >= 0.3 is 5.97 Å². The van der Waals surface area contributed by atoms with Gasteiger partial charge in [-0.05, 0) is 31.6 Å². The first-order valence-corrected chi connectivity index (χ1v) is 5.08. The Labute approximate surface area is 97.3 Å². The highest BCUT2D eigenvalue weighted by Crippen LogP contribution is 2.44. The number of halogens is 1. The van der Waals surface area contributed by atoms with Crippen molar-refractivity contribution in [1.29, 1.82) is 0 Å². The highest BCUT2D eigenvalue weighted by atomic mass is 35.5. The molecule has 0 saturated carbocycles. The van der Waals surface area contributed by atoms with Crippen LogP contribution < -0.4 is 0 Å². The summed E-state index contributed by atoms with van der Waals surface area (Å²) in [6, 6.07) is 0. The van der Waals surface area contributed by atoms with E-state index in [0.717, 1.165) is 0 Å². The first-order valence-electron chi connectivity index (χ1n) is 4.70. The van der Waals surface area contributed by atoms with E-state index in [9.17, 15) is 9.90 Å². The van der Waals surface area contributed by atoms with Gasteiger partial charge < -0.3 is 10.2 Å². The Morgan fingerprint density at radius 1 is 1.50 bits per heavy atom. The summed E-state index contributed by atoms with van der Waals surface area (Å²) >= 11 is 6.21. The number of alkyl halides is 1. The summed E-state index contributed by atoms with van der Waals surface area (Å²) in [5.74, 6) is -1.10. The first kappa shape index (κ1) is 11.0. The number of rotatable bonds is 1. The summed E-state index contributed by atoms with van der Waals surface area (Å²) in [7, 11) is 0. The van der Waals surface area contributed by atoms with E-state index in [-0.39, 0.29) is 11.5 Å². The Bertz CT molecular complexity index is 509. The van der Waals surface area contributed by atoms with Crippen molar-refractivity contribution in [2.75, 3.05) is 0 Å². The zero-order valence-corrected chi connectivity index (χ0v) is 9.54. The van der Waals surface area contributed by atoms with Gasteiger partial charge in [0, 0.05) is 5.57 Å². The number of nitrogens with zero attached hydrogens (tertiary/aromatic N) is 1. The van der Waals surface area contributed by atoms with Crippen LogP contribution in [0.2, 0.25) is 0 Å². The van der Waals surface area contributed by atoms with Gasteiger partial charge in [-0.3, -0.25) is 0 Å². The van der Waals surface area contributed by atoms with Crippen LogP contribution in [0.15, 0.2) is 39.7 Å². The number of hydrogen-bond donors (Lipinski definition) is 2. The largest absolute Gasteiger partial charge is 0.510 e. The highest BCUT2D eigenvalue weighted by molar-refractivity contribution is 6.44. The molecule has 2 aliphatic rings. The van der Waals surface area contributed by atoms with E-state index in [1.54, 1.807) is 19.9 Å². The van der Waals surface area contributed by atoms with Gasteiger partial charge in [0.2, 0.25) is 0 Å². The molecule has 0 saturated heterocycles. The van der Waals surface area contributed by atoms with Crippen LogP contribution in [0.1, 0.15) is 13.8 Å². The number of hydrogen-bond acceptors (Lipinski definition) is 3. The number of aliphatic imine (C=N–C) groups is 1. The van der Waals surface area contributed by atoms with Crippen molar-refractivity contribution in [2.45, 2.75) is 18.7 Å². The maximum atomic E-state index is 10.9. The Hall–Kier alpha value is -1.55. The van der Waals surface area contributed by atoms with E-state index in [4.69, 9.17) is 16.7 Å². The third-order valence-electron chi connectivity index (χ3n) is 2.77. The Morgan fingerprint density at radius 3 is 2.69 bits per heavy atom. The molecular formula is C11H10ClNO3. The van der Waals surface area contributed by atoms with Crippen molar-refractivity contribution in [3.05, 3.63) is 34.8 Å². The van der Waals surface area contributed by atoms with Crippen molar-refractivity contribution in [1.82, 2.24) is 0 Å². The smallest absolute Gasteiger partial charge is 0.354 e. The molecule has 2 rings (SSSR count). The van der Waals surface area contributed by atoms with Crippen LogP contribution in [0.5, 0.6) is 0 Å². The summed E-state index contributed by atoms with van der Waals surface area (Å²) < 4.78 is 0. The van der Waals surface area contributed by atoms with Crippen LogP contribution in [0.3, 0.4) is 0 Å². The molecule has 0 radical (unpaired) electrons. The fourth-order valence-corrected chi connectivity index (χ4v) is 2.24. The molecule has 1 heterocycles. The van der Waals surface area contributed by atoms with Gasteiger partial charge in [0.15, 0.2) is 5.71 Å². The van der Waals surface area contributed by atoms with E-state index in [2.05, 4.69) is 4.99 Å². The maximum Gasteiger partial charge on any atom is 0.354 e. The molecule has 0 aromatic carbocycles. The Kier molecular flexibility index (Phi) is 2.20. The van der Waals surface area contributed by atoms with Gasteiger partial charge in [0.25, 0.3) is 0 Å². The minimum absolute atomic E-state index is 0.00546. The molecule has 1 aliphatic heterocycles. The zero-order valence-electron chi connectivity index (χ0n) is 8.78. The summed E-state index contributed by atoms with van der Waals surface area (Å²) in [4.78, 5) is 13.8. The second kappa shape index (κ2) is 3.22. The van der Waals surface area contributed by atoms with Crippen molar-refractivity contribution in [3.63, 3.8) is 0 Å². The second-order valence-electron chi connectivity index (χ2n) is 3.87. The van der Waals surface area contributed by atoms with Crippen LogP contribution in [0, 0.1) is 0 Å². The molecule has 0 aromatic heterocycles. The molecule has 84 valence electrons. The number of carbonyl (C=O) groups is 1. The number of aliphatic hydroxyl groups is 1. The van der Waals surface area contributed by atoms with Crippen LogP contribution in [0.25, 0.3) is 0 Å². The average Bonchev–Trinajstić information content (AvgIpc) is 2.51. The molecule has 16 heavy (non-hydrogen) atoms. The van der Waals surface area contributed by atoms with Gasteiger partial charge in [-0.15, -0.1) is 11.6 Å². The summed E-state index contributed by atoms with van der Waals surface area (Å²) in [5.41, 5.74) is 1.55. The molecule has 0 amide bonds. The fourth-order valence-electron chi connectivity index (χ4n) is 1.93. The van der Waals surface area contributed by atoms with E-state index in [1.165, 1.54) is 6.08 Å². The number of aliphatic hydroxyl groups excluding tert-OH is 1. The summed E-state index contributed by atoms with van der Waals surface area (Å²) in [6.07, 6.45) is 3.00. The van der Waals surface area contributed by atoms with Crippen molar-refractivity contribution in [3.8, 4) is 0 Å². The number of carboxylic acid groups (broad SMARTS) is 1. The molecule has 2 N–H and O–H groups in total. The van der Waals surface area contributed by atoms with E-state index in [1.807, 2.05) is 0 Å². The van der Waals surface area contributed by atoms with Gasteiger partial charge in [0.05, 0.1) is 5.70 Å². The molecular weight excluding hydrogens is 230 g/mol. The molecule has 1 atom stereocenters. The van der Waals surface area contributed by atoms with Gasteiger partial charge in [-0.1, -0.05) is 0 Å². The Morgan fingerprint density at radius 2 is 2.12 bits per heavy atom. The summed E-state index contributed by atoms with van der Waals surface area (Å²) in [6.45, 7) is 3.26. The zero-order chi connectivity index (χ0) is 12.1. The van der Waals surface area contributed by atoms with Gasteiger partial charge in [0.1, 0.15) is 10.6 Å². The minimum atomic E-state index is -1.10.